The van der Waals surface area contributed by atoms with Gasteiger partial charge >= 0.3 is 0 Å². The Hall–Kier alpha value is -2.84. The number of pyridine rings is 1. The maximum atomic E-state index is 12.1. The third-order valence-electron chi connectivity index (χ3n) is 4.94. The fraction of sp³-hybridized carbons (Fsp3) is 0.400. The van der Waals surface area contributed by atoms with Gasteiger partial charge in [0.2, 0.25) is 6.79 Å². The highest BCUT2D eigenvalue weighted by Crippen LogP contribution is 2.32. The highest BCUT2D eigenvalue weighted by atomic mass is 16.7. The van der Waals surface area contributed by atoms with E-state index >= 15 is 0 Å². The van der Waals surface area contributed by atoms with Gasteiger partial charge in [0.05, 0.1) is 6.61 Å². The largest absolute Gasteiger partial charge is 0.454 e. The van der Waals surface area contributed by atoms with E-state index in [4.69, 9.17) is 14.6 Å². The highest BCUT2D eigenvalue weighted by molar-refractivity contribution is 5.94. The Balaban J connectivity index is 1.33. The number of aromatic nitrogens is 1. The molecule has 0 saturated carbocycles. The van der Waals surface area contributed by atoms with Gasteiger partial charge < -0.3 is 24.8 Å². The molecule has 4 rings (SSSR count). The minimum absolute atomic E-state index is 0.0744. The zero-order valence-electron chi connectivity index (χ0n) is 15.6. The number of carbonyl (C=O) groups is 1. The average Bonchev–Trinajstić information content (AvgIpc) is 3.20. The number of amides is 1. The van der Waals surface area contributed by atoms with E-state index in [1.54, 1.807) is 18.3 Å². The van der Waals surface area contributed by atoms with E-state index in [0.717, 1.165) is 50.0 Å². The molecule has 8 heteroatoms. The van der Waals surface area contributed by atoms with E-state index in [-0.39, 0.29) is 19.1 Å². The lowest BCUT2D eigenvalue weighted by atomic mass is 10.1. The molecule has 3 heterocycles. The number of hydrogen-bond acceptors (Lipinski definition) is 7. The standard InChI is InChI=1S/C20H24N4O4/c25-10-5-22-20(26)16-3-4-21-19(12-16)24-8-6-23(7-9-24)13-15-1-2-17-18(11-15)28-14-27-17/h1-4,11-12,25H,5-10,13-14H2,(H,22,26). The van der Waals surface area contributed by atoms with E-state index in [0.29, 0.717) is 12.4 Å². The van der Waals surface area contributed by atoms with Crippen LogP contribution in [0.1, 0.15) is 15.9 Å². The van der Waals surface area contributed by atoms with Gasteiger partial charge in [-0.3, -0.25) is 9.69 Å². The molecule has 8 nitrogen and oxygen atoms in total. The molecule has 0 atom stereocenters. The SMILES string of the molecule is O=C(NCCO)c1ccnc(N2CCN(Cc3ccc4c(c3)OCO4)CC2)c1. The first-order chi connectivity index (χ1) is 13.7. The summed E-state index contributed by atoms with van der Waals surface area (Å²) in [5.41, 5.74) is 1.76. The van der Waals surface area contributed by atoms with Crippen LogP contribution in [0.4, 0.5) is 5.82 Å². The summed E-state index contributed by atoms with van der Waals surface area (Å²) >= 11 is 0. The fourth-order valence-corrected chi connectivity index (χ4v) is 3.44. The summed E-state index contributed by atoms with van der Waals surface area (Å²) in [6.07, 6.45) is 1.65. The predicted octanol–water partition coefficient (Wildman–Crippen LogP) is 0.855. The maximum absolute atomic E-state index is 12.1. The molecule has 0 aliphatic carbocycles. The quantitative estimate of drug-likeness (QED) is 0.764. The second-order valence-electron chi connectivity index (χ2n) is 6.83. The second-order valence-corrected chi connectivity index (χ2v) is 6.83. The summed E-state index contributed by atoms with van der Waals surface area (Å²) in [5.74, 6) is 2.23. The number of rotatable bonds is 6. The topological polar surface area (TPSA) is 87.2 Å². The summed E-state index contributed by atoms with van der Waals surface area (Å²) in [7, 11) is 0. The zero-order valence-corrected chi connectivity index (χ0v) is 15.6. The van der Waals surface area contributed by atoms with Gasteiger partial charge in [0.15, 0.2) is 11.5 Å². The number of fused-ring (bicyclic) bond motifs is 1. The second kappa shape index (κ2) is 8.45. The van der Waals surface area contributed by atoms with Crippen LogP contribution in [0.5, 0.6) is 11.5 Å². The molecule has 0 bridgehead atoms. The monoisotopic (exact) mass is 384 g/mol. The summed E-state index contributed by atoms with van der Waals surface area (Å²) < 4.78 is 10.8. The first-order valence-corrected chi connectivity index (χ1v) is 9.44. The zero-order chi connectivity index (χ0) is 19.3. The van der Waals surface area contributed by atoms with Crippen LogP contribution in [0, 0.1) is 0 Å². The number of carbonyl (C=O) groups excluding carboxylic acids is 1. The van der Waals surface area contributed by atoms with E-state index in [1.165, 1.54) is 5.56 Å². The van der Waals surface area contributed by atoms with Crippen LogP contribution in [0.15, 0.2) is 36.5 Å². The predicted molar refractivity (Wildman–Crippen MR) is 104 cm³/mol. The van der Waals surface area contributed by atoms with Crippen molar-refractivity contribution in [2.45, 2.75) is 6.54 Å². The van der Waals surface area contributed by atoms with Crippen molar-refractivity contribution in [2.24, 2.45) is 0 Å². The molecule has 0 radical (unpaired) electrons. The van der Waals surface area contributed by atoms with Gasteiger partial charge in [-0.2, -0.15) is 0 Å². The van der Waals surface area contributed by atoms with Crippen LogP contribution in [0.2, 0.25) is 0 Å². The van der Waals surface area contributed by atoms with Gasteiger partial charge in [0, 0.05) is 51.0 Å². The fourth-order valence-electron chi connectivity index (χ4n) is 3.44. The summed E-state index contributed by atoms with van der Waals surface area (Å²) in [6.45, 7) is 4.85. The summed E-state index contributed by atoms with van der Waals surface area (Å²) in [4.78, 5) is 21.1. The Bertz CT molecular complexity index is 837. The van der Waals surface area contributed by atoms with Crippen molar-refractivity contribution >= 4 is 11.7 Å². The van der Waals surface area contributed by atoms with Gasteiger partial charge in [0.1, 0.15) is 5.82 Å². The first kappa shape index (κ1) is 18.5. The smallest absolute Gasteiger partial charge is 0.251 e. The van der Waals surface area contributed by atoms with Crippen molar-refractivity contribution in [3.63, 3.8) is 0 Å². The lowest BCUT2D eigenvalue weighted by Gasteiger charge is -2.35. The van der Waals surface area contributed by atoms with Crippen LogP contribution >= 0.6 is 0 Å². The molecule has 2 aromatic rings. The highest BCUT2D eigenvalue weighted by Gasteiger charge is 2.20. The van der Waals surface area contributed by atoms with Crippen molar-refractivity contribution < 1.29 is 19.4 Å². The van der Waals surface area contributed by atoms with Crippen molar-refractivity contribution in [3.8, 4) is 11.5 Å². The average molecular weight is 384 g/mol. The van der Waals surface area contributed by atoms with Crippen LogP contribution in [-0.4, -0.2) is 67.0 Å². The molecule has 28 heavy (non-hydrogen) atoms. The molecule has 1 aromatic heterocycles. The number of hydrogen-bond donors (Lipinski definition) is 2. The van der Waals surface area contributed by atoms with E-state index in [1.807, 2.05) is 12.1 Å². The van der Waals surface area contributed by atoms with Gasteiger partial charge in [-0.05, 0) is 29.8 Å². The Kier molecular flexibility index (Phi) is 5.59. The number of ether oxygens (including phenoxy) is 2. The third kappa shape index (κ3) is 4.18. The lowest BCUT2D eigenvalue weighted by molar-refractivity contribution is 0.0944. The van der Waals surface area contributed by atoms with Crippen molar-refractivity contribution in [1.29, 1.82) is 0 Å². The molecule has 1 saturated heterocycles. The summed E-state index contributed by atoms with van der Waals surface area (Å²) in [6, 6.07) is 9.58. The van der Waals surface area contributed by atoms with Gasteiger partial charge in [-0.25, -0.2) is 4.98 Å². The van der Waals surface area contributed by atoms with Gasteiger partial charge in [-0.1, -0.05) is 6.07 Å². The molecule has 2 aliphatic rings. The maximum Gasteiger partial charge on any atom is 0.251 e. The molecule has 1 fully saturated rings. The van der Waals surface area contributed by atoms with Gasteiger partial charge in [0.25, 0.3) is 5.91 Å². The summed E-state index contributed by atoms with van der Waals surface area (Å²) in [5, 5.41) is 11.5. The number of aliphatic hydroxyl groups is 1. The van der Waals surface area contributed by atoms with Crippen LogP contribution in [0.3, 0.4) is 0 Å². The Morgan fingerprint density at radius 2 is 1.93 bits per heavy atom. The molecule has 1 aromatic carbocycles. The molecule has 148 valence electrons. The third-order valence-corrected chi connectivity index (χ3v) is 4.94. The van der Waals surface area contributed by atoms with Crippen molar-refractivity contribution in [3.05, 3.63) is 47.7 Å². The number of piperazine rings is 1. The van der Waals surface area contributed by atoms with E-state index < -0.39 is 0 Å². The number of benzene rings is 1. The molecular formula is C20H24N4O4. The Labute approximate surface area is 163 Å². The van der Waals surface area contributed by atoms with Crippen LogP contribution in [0.25, 0.3) is 0 Å². The van der Waals surface area contributed by atoms with E-state index in [9.17, 15) is 4.79 Å². The minimum Gasteiger partial charge on any atom is -0.454 e. The van der Waals surface area contributed by atoms with Gasteiger partial charge in [-0.15, -0.1) is 0 Å². The minimum atomic E-state index is -0.195. The number of nitrogens with zero attached hydrogens (tertiary/aromatic N) is 3. The molecule has 0 unspecified atom stereocenters. The molecule has 1 amide bonds. The Morgan fingerprint density at radius 1 is 1.11 bits per heavy atom. The van der Waals surface area contributed by atoms with Crippen molar-refractivity contribution in [2.75, 3.05) is 51.0 Å². The Morgan fingerprint density at radius 3 is 2.75 bits per heavy atom. The first-order valence-electron chi connectivity index (χ1n) is 9.44. The number of nitrogens with one attached hydrogen (secondary N) is 1. The van der Waals surface area contributed by atoms with Crippen molar-refractivity contribution in [1.82, 2.24) is 15.2 Å². The van der Waals surface area contributed by atoms with Crippen LogP contribution < -0.4 is 19.7 Å². The number of anilines is 1. The van der Waals surface area contributed by atoms with E-state index in [2.05, 4.69) is 26.2 Å². The number of aliphatic hydroxyl groups excluding tert-OH is 1. The normalized spacial score (nSPS) is 16.2. The van der Waals surface area contributed by atoms with Crippen LogP contribution in [-0.2, 0) is 6.54 Å². The molecule has 2 N–H and O–H groups in total. The lowest BCUT2D eigenvalue weighted by Crippen LogP contribution is -2.46. The molecule has 2 aliphatic heterocycles. The molecular weight excluding hydrogens is 360 g/mol. The molecule has 0 spiro atoms.